The Kier molecular flexibility index (Phi) is 3.18. The van der Waals surface area contributed by atoms with Gasteiger partial charge in [-0.05, 0) is 38.8 Å². The molecule has 0 saturated carbocycles. The van der Waals surface area contributed by atoms with Crippen molar-refractivity contribution in [3.8, 4) is 23.7 Å². The zero-order chi connectivity index (χ0) is 9.84. The average molecular weight is 188 g/mol. The SMILES string of the molecule is CC#Cc1sc(C#CC)c(C)c1C. The smallest absolute Gasteiger partial charge is 0.0813 e. The highest BCUT2D eigenvalue weighted by molar-refractivity contribution is 7.13. The van der Waals surface area contributed by atoms with Gasteiger partial charge in [0.05, 0.1) is 9.75 Å². The summed E-state index contributed by atoms with van der Waals surface area (Å²) >= 11 is 1.69. The molecule has 13 heavy (non-hydrogen) atoms. The summed E-state index contributed by atoms with van der Waals surface area (Å²) in [6.45, 7) is 7.93. The zero-order valence-corrected chi connectivity index (χ0v) is 9.22. The van der Waals surface area contributed by atoms with Crippen LogP contribution in [-0.4, -0.2) is 0 Å². The van der Waals surface area contributed by atoms with Crippen LogP contribution in [0.3, 0.4) is 0 Å². The highest BCUT2D eigenvalue weighted by atomic mass is 32.1. The molecule has 0 aromatic carbocycles. The molecule has 0 fully saturated rings. The van der Waals surface area contributed by atoms with Gasteiger partial charge in [-0.2, -0.15) is 0 Å². The molecule has 1 heterocycles. The minimum absolute atomic E-state index is 1.15. The fraction of sp³-hybridized carbons (Fsp3) is 0.333. The lowest BCUT2D eigenvalue weighted by atomic mass is 10.1. The Morgan fingerprint density at radius 1 is 0.846 bits per heavy atom. The van der Waals surface area contributed by atoms with Gasteiger partial charge in [0.1, 0.15) is 0 Å². The predicted molar refractivity (Wildman–Crippen MR) is 58.9 cm³/mol. The molecule has 1 aromatic heterocycles. The van der Waals surface area contributed by atoms with Gasteiger partial charge in [0, 0.05) is 0 Å². The van der Waals surface area contributed by atoms with Gasteiger partial charge in [-0.3, -0.25) is 0 Å². The van der Waals surface area contributed by atoms with Crippen molar-refractivity contribution >= 4 is 11.3 Å². The Hall–Kier alpha value is -1.18. The molecule has 1 aromatic rings. The van der Waals surface area contributed by atoms with E-state index in [2.05, 4.69) is 37.5 Å². The third-order valence-electron chi connectivity index (χ3n) is 1.92. The van der Waals surface area contributed by atoms with Crippen molar-refractivity contribution in [2.24, 2.45) is 0 Å². The van der Waals surface area contributed by atoms with Gasteiger partial charge in [0.15, 0.2) is 0 Å². The fourth-order valence-electron chi connectivity index (χ4n) is 1.06. The Bertz CT molecular complexity index is 387. The number of hydrogen-bond donors (Lipinski definition) is 0. The summed E-state index contributed by atoms with van der Waals surface area (Å²) in [7, 11) is 0. The monoisotopic (exact) mass is 188 g/mol. The van der Waals surface area contributed by atoms with E-state index in [4.69, 9.17) is 0 Å². The van der Waals surface area contributed by atoms with Crippen LogP contribution in [0.5, 0.6) is 0 Å². The van der Waals surface area contributed by atoms with Gasteiger partial charge in [-0.15, -0.1) is 23.2 Å². The van der Waals surface area contributed by atoms with Gasteiger partial charge >= 0.3 is 0 Å². The molecule has 0 aliphatic rings. The molecule has 1 heteroatoms. The van der Waals surface area contributed by atoms with E-state index in [1.165, 1.54) is 11.1 Å². The molecule has 0 unspecified atom stereocenters. The minimum Gasteiger partial charge on any atom is -0.117 e. The first-order valence-corrected chi connectivity index (χ1v) is 4.97. The molecule has 0 spiro atoms. The van der Waals surface area contributed by atoms with E-state index in [1.54, 1.807) is 11.3 Å². The van der Waals surface area contributed by atoms with E-state index >= 15 is 0 Å². The second kappa shape index (κ2) is 4.17. The van der Waals surface area contributed by atoms with E-state index < -0.39 is 0 Å². The molecule has 0 saturated heterocycles. The molecule has 0 radical (unpaired) electrons. The highest BCUT2D eigenvalue weighted by Crippen LogP contribution is 2.25. The zero-order valence-electron chi connectivity index (χ0n) is 8.41. The maximum absolute atomic E-state index is 3.10. The summed E-state index contributed by atoms with van der Waals surface area (Å²) in [6.07, 6.45) is 0. The lowest BCUT2D eigenvalue weighted by Crippen LogP contribution is -1.76. The van der Waals surface area contributed by atoms with Crippen molar-refractivity contribution < 1.29 is 0 Å². The van der Waals surface area contributed by atoms with Crippen LogP contribution in [0, 0.1) is 37.5 Å². The van der Waals surface area contributed by atoms with Crippen LogP contribution in [0.4, 0.5) is 0 Å². The standard InChI is InChI=1S/C12H12S/c1-5-7-11-9(3)10(4)12(13-11)8-6-2/h1-4H3. The Labute approximate surface area is 84.0 Å². The van der Waals surface area contributed by atoms with Crippen LogP contribution < -0.4 is 0 Å². The van der Waals surface area contributed by atoms with Crippen molar-refractivity contribution in [3.05, 3.63) is 20.9 Å². The van der Waals surface area contributed by atoms with Crippen molar-refractivity contribution in [1.29, 1.82) is 0 Å². The molecule has 0 N–H and O–H groups in total. The molecule has 0 amide bonds. The summed E-state index contributed by atoms with van der Waals surface area (Å²) in [6, 6.07) is 0. The summed E-state index contributed by atoms with van der Waals surface area (Å²) in [5.74, 6) is 12.0. The first-order valence-electron chi connectivity index (χ1n) is 4.16. The summed E-state index contributed by atoms with van der Waals surface area (Å²) in [4.78, 5) is 2.30. The second-order valence-corrected chi connectivity index (χ2v) is 3.78. The van der Waals surface area contributed by atoms with Crippen molar-refractivity contribution in [1.82, 2.24) is 0 Å². The first-order chi connectivity index (χ1) is 6.20. The van der Waals surface area contributed by atoms with Gasteiger partial charge < -0.3 is 0 Å². The number of rotatable bonds is 0. The van der Waals surface area contributed by atoms with Crippen LogP contribution in [0.2, 0.25) is 0 Å². The largest absolute Gasteiger partial charge is 0.117 e. The predicted octanol–water partition coefficient (Wildman–Crippen LogP) is 3.11. The Balaban J connectivity index is 3.30. The topological polar surface area (TPSA) is 0 Å². The van der Waals surface area contributed by atoms with Gasteiger partial charge in [-0.25, -0.2) is 0 Å². The third-order valence-corrected chi connectivity index (χ3v) is 3.15. The molecule has 66 valence electrons. The second-order valence-electron chi connectivity index (χ2n) is 2.76. The Morgan fingerprint density at radius 2 is 1.23 bits per heavy atom. The van der Waals surface area contributed by atoms with Crippen LogP contribution in [0.25, 0.3) is 0 Å². The van der Waals surface area contributed by atoms with E-state index in [0.717, 1.165) is 9.75 Å². The van der Waals surface area contributed by atoms with Crippen LogP contribution in [0.1, 0.15) is 34.7 Å². The maximum Gasteiger partial charge on any atom is 0.0813 e. The van der Waals surface area contributed by atoms with Gasteiger partial charge in [0.25, 0.3) is 0 Å². The summed E-state index contributed by atoms with van der Waals surface area (Å²) < 4.78 is 0. The van der Waals surface area contributed by atoms with Crippen LogP contribution >= 0.6 is 11.3 Å². The lowest BCUT2D eigenvalue weighted by Gasteiger charge is -1.88. The maximum atomic E-state index is 3.10. The summed E-state index contributed by atoms with van der Waals surface area (Å²) in [5, 5.41) is 0. The Morgan fingerprint density at radius 3 is 1.54 bits per heavy atom. The van der Waals surface area contributed by atoms with Gasteiger partial charge in [-0.1, -0.05) is 11.8 Å². The molecular weight excluding hydrogens is 176 g/mol. The van der Waals surface area contributed by atoms with Crippen molar-refractivity contribution in [2.75, 3.05) is 0 Å². The third kappa shape index (κ3) is 1.94. The van der Waals surface area contributed by atoms with E-state index in [9.17, 15) is 0 Å². The molecule has 0 bridgehead atoms. The molecule has 0 nitrogen and oxygen atoms in total. The van der Waals surface area contributed by atoms with Crippen LogP contribution in [0.15, 0.2) is 0 Å². The number of thiophene rings is 1. The minimum atomic E-state index is 1.15. The normalized spacial score (nSPS) is 8.31. The first kappa shape index (κ1) is 9.90. The van der Waals surface area contributed by atoms with E-state index in [-0.39, 0.29) is 0 Å². The van der Waals surface area contributed by atoms with Crippen LogP contribution in [-0.2, 0) is 0 Å². The average Bonchev–Trinajstić information content (AvgIpc) is 2.36. The van der Waals surface area contributed by atoms with E-state index in [1.807, 2.05) is 13.8 Å². The lowest BCUT2D eigenvalue weighted by molar-refractivity contribution is 1.38. The quantitative estimate of drug-likeness (QED) is 0.549. The molecular formula is C12H12S. The van der Waals surface area contributed by atoms with Gasteiger partial charge in [0.2, 0.25) is 0 Å². The van der Waals surface area contributed by atoms with Crippen molar-refractivity contribution in [3.63, 3.8) is 0 Å². The molecule has 0 aliphatic heterocycles. The number of hydrogen-bond acceptors (Lipinski definition) is 1. The molecule has 1 rings (SSSR count). The van der Waals surface area contributed by atoms with Crippen molar-refractivity contribution in [2.45, 2.75) is 27.7 Å². The highest BCUT2D eigenvalue weighted by Gasteiger charge is 2.07. The fourth-order valence-corrected chi connectivity index (χ4v) is 2.18. The van der Waals surface area contributed by atoms with E-state index in [0.29, 0.717) is 0 Å². The molecule has 0 atom stereocenters. The summed E-state index contributed by atoms with van der Waals surface area (Å²) in [5.41, 5.74) is 2.55. The molecule has 0 aliphatic carbocycles.